The van der Waals surface area contributed by atoms with E-state index in [1.165, 1.54) is 9.78 Å². The molecule has 1 fully saturated rings. The van der Waals surface area contributed by atoms with Crippen molar-refractivity contribution in [2.75, 3.05) is 13.2 Å². The van der Waals surface area contributed by atoms with E-state index in [0.717, 1.165) is 70.7 Å². The van der Waals surface area contributed by atoms with Crippen LogP contribution < -0.4 is 10.1 Å². The molecular weight excluding hydrogens is 510 g/mol. The van der Waals surface area contributed by atoms with E-state index in [1.54, 1.807) is 23.1 Å². The van der Waals surface area contributed by atoms with Gasteiger partial charge in [-0.2, -0.15) is 0 Å². The van der Waals surface area contributed by atoms with Crippen LogP contribution in [-0.4, -0.2) is 36.2 Å². The average molecular weight is 556 g/mol. The van der Waals surface area contributed by atoms with Crippen LogP contribution in [0.4, 0.5) is 0 Å². The zero-order valence-electron chi connectivity index (χ0n) is 24.4. The van der Waals surface area contributed by atoms with Crippen molar-refractivity contribution in [3.05, 3.63) is 69.1 Å². The molecule has 2 aromatic rings. The van der Waals surface area contributed by atoms with Crippen molar-refractivity contribution < 1.29 is 9.47 Å². The number of allylic oxidation sites excluding steroid dienone is 3. The van der Waals surface area contributed by atoms with Crippen molar-refractivity contribution in [3.63, 3.8) is 0 Å². The summed E-state index contributed by atoms with van der Waals surface area (Å²) in [7, 11) is 0. The Morgan fingerprint density at radius 3 is 2.63 bits per heavy atom. The van der Waals surface area contributed by atoms with Gasteiger partial charge in [0, 0.05) is 45.5 Å². The first-order chi connectivity index (χ1) is 18.3. The minimum Gasteiger partial charge on any atom is -0.490 e. The lowest BCUT2D eigenvalue weighted by Gasteiger charge is -2.25. The second-order valence-corrected chi connectivity index (χ2v) is 11.5. The minimum atomic E-state index is -0.0764. The molecule has 208 valence electrons. The van der Waals surface area contributed by atoms with Crippen LogP contribution in [0.15, 0.2) is 58.1 Å². The standard InChI is InChI=1S/C29H39N3O2S2.C2H6/c1-8-10-13-30-28(32-22(6)23(7)35-19(3)9-2)26-16-24(29-31-18-20(4)36-29)17-27(21(26)5)34-25-11-14-33-15-12-25;1-2/h9-10,13,16-18,22,25H,7-8,11-12,14-15H2,1-6H3,(H,30,32);1-2H3/b13-10+,19-9-;. The highest BCUT2D eigenvalue weighted by molar-refractivity contribution is 8.06. The number of aliphatic imine (C=N–C) groups is 1. The predicted molar refractivity (Wildman–Crippen MR) is 168 cm³/mol. The zero-order chi connectivity index (χ0) is 28.1. The van der Waals surface area contributed by atoms with Crippen LogP contribution in [0, 0.1) is 13.8 Å². The van der Waals surface area contributed by atoms with Gasteiger partial charge in [0.15, 0.2) is 0 Å². The number of nitrogens with one attached hydrogen (secondary N) is 1. The number of benzene rings is 1. The van der Waals surface area contributed by atoms with Crippen LogP contribution in [-0.2, 0) is 4.74 Å². The minimum absolute atomic E-state index is 0.0764. The van der Waals surface area contributed by atoms with E-state index in [-0.39, 0.29) is 12.1 Å². The largest absolute Gasteiger partial charge is 0.490 e. The lowest BCUT2D eigenvalue weighted by atomic mass is 10.0. The first-order valence-corrected chi connectivity index (χ1v) is 15.3. The van der Waals surface area contributed by atoms with E-state index in [4.69, 9.17) is 14.5 Å². The number of amidine groups is 1. The summed E-state index contributed by atoms with van der Waals surface area (Å²) in [5, 5.41) is 4.44. The molecule has 1 atom stereocenters. The van der Waals surface area contributed by atoms with Crippen LogP contribution >= 0.6 is 23.1 Å². The van der Waals surface area contributed by atoms with Crippen molar-refractivity contribution in [2.24, 2.45) is 4.99 Å². The van der Waals surface area contributed by atoms with Crippen molar-refractivity contribution in [2.45, 2.75) is 86.8 Å². The summed E-state index contributed by atoms with van der Waals surface area (Å²) < 4.78 is 12.1. The maximum absolute atomic E-state index is 6.56. The van der Waals surface area contributed by atoms with E-state index < -0.39 is 0 Å². The smallest absolute Gasteiger partial charge is 0.133 e. The van der Waals surface area contributed by atoms with Crippen LogP contribution in [0.1, 0.15) is 76.8 Å². The molecule has 0 aliphatic carbocycles. The Balaban J connectivity index is 0.00000247. The molecule has 2 heterocycles. The summed E-state index contributed by atoms with van der Waals surface area (Å²) in [5.41, 5.74) is 3.11. The summed E-state index contributed by atoms with van der Waals surface area (Å²) in [4.78, 5) is 13.2. The van der Waals surface area contributed by atoms with Crippen molar-refractivity contribution in [3.8, 4) is 16.3 Å². The molecule has 0 radical (unpaired) electrons. The van der Waals surface area contributed by atoms with Gasteiger partial charge in [0.05, 0.1) is 19.3 Å². The first-order valence-electron chi connectivity index (χ1n) is 13.6. The van der Waals surface area contributed by atoms with Crippen LogP contribution in [0.3, 0.4) is 0 Å². The quantitative estimate of drug-likeness (QED) is 0.234. The molecule has 0 bridgehead atoms. The van der Waals surface area contributed by atoms with Crippen molar-refractivity contribution in [1.29, 1.82) is 0 Å². The monoisotopic (exact) mass is 555 g/mol. The van der Waals surface area contributed by atoms with Gasteiger partial charge >= 0.3 is 0 Å². The molecule has 38 heavy (non-hydrogen) atoms. The molecular formula is C31H45N3O2S2. The third-order valence-corrected chi connectivity index (χ3v) is 8.13. The zero-order valence-corrected chi connectivity index (χ0v) is 26.0. The van der Waals surface area contributed by atoms with Crippen LogP contribution in [0.25, 0.3) is 10.6 Å². The fraction of sp³-hybridized carbons (Fsp3) is 0.484. The van der Waals surface area contributed by atoms with E-state index in [2.05, 4.69) is 75.8 Å². The lowest BCUT2D eigenvalue weighted by molar-refractivity contribution is 0.0253. The van der Waals surface area contributed by atoms with Gasteiger partial charge in [-0.3, -0.25) is 4.99 Å². The highest BCUT2D eigenvalue weighted by Gasteiger charge is 2.21. The maximum Gasteiger partial charge on any atom is 0.133 e. The second-order valence-electron chi connectivity index (χ2n) is 8.93. The summed E-state index contributed by atoms with van der Waals surface area (Å²) >= 11 is 3.36. The molecule has 1 N–H and O–H groups in total. The first kappa shape index (κ1) is 31.9. The molecule has 3 rings (SSSR count). The Kier molecular flexibility index (Phi) is 13.9. The predicted octanol–water partition coefficient (Wildman–Crippen LogP) is 8.83. The van der Waals surface area contributed by atoms with Gasteiger partial charge in [0.2, 0.25) is 0 Å². The van der Waals surface area contributed by atoms with Gasteiger partial charge in [-0.05, 0) is 64.3 Å². The van der Waals surface area contributed by atoms with Crippen molar-refractivity contribution >= 4 is 28.9 Å². The molecule has 1 aromatic carbocycles. The van der Waals surface area contributed by atoms with Gasteiger partial charge in [0.1, 0.15) is 22.7 Å². The number of ether oxygens (including phenoxy) is 2. The number of hydrogen-bond acceptors (Lipinski definition) is 6. The molecule has 1 unspecified atom stereocenters. The molecule has 1 saturated heterocycles. The lowest BCUT2D eigenvalue weighted by Crippen LogP contribution is -2.27. The van der Waals surface area contributed by atoms with E-state index >= 15 is 0 Å². The van der Waals surface area contributed by atoms with E-state index in [0.29, 0.717) is 0 Å². The Morgan fingerprint density at radius 1 is 1.32 bits per heavy atom. The Labute approximate surface area is 238 Å². The number of thiazole rings is 1. The van der Waals surface area contributed by atoms with Crippen molar-refractivity contribution in [1.82, 2.24) is 10.3 Å². The molecule has 0 amide bonds. The molecule has 1 aromatic heterocycles. The van der Waals surface area contributed by atoms with Gasteiger partial charge in [-0.15, -0.1) is 11.3 Å². The number of hydrogen-bond donors (Lipinski definition) is 1. The van der Waals surface area contributed by atoms with E-state index in [9.17, 15) is 0 Å². The average Bonchev–Trinajstić information content (AvgIpc) is 3.37. The fourth-order valence-electron chi connectivity index (χ4n) is 3.70. The van der Waals surface area contributed by atoms with E-state index in [1.807, 2.05) is 33.2 Å². The Morgan fingerprint density at radius 2 is 2.03 bits per heavy atom. The van der Waals surface area contributed by atoms with Gasteiger partial charge in [-0.1, -0.05) is 51.3 Å². The third kappa shape index (κ3) is 9.44. The Bertz CT molecular complexity index is 1130. The second kappa shape index (κ2) is 16.6. The summed E-state index contributed by atoms with van der Waals surface area (Å²) in [5.74, 6) is 1.68. The third-order valence-electron chi connectivity index (χ3n) is 6.01. The number of nitrogens with zero attached hydrogens (tertiary/aromatic N) is 2. The van der Waals surface area contributed by atoms with Crippen LogP contribution in [0.2, 0.25) is 0 Å². The molecule has 0 saturated carbocycles. The number of aryl methyl sites for hydroxylation is 1. The van der Waals surface area contributed by atoms with Gasteiger partial charge in [0.25, 0.3) is 0 Å². The molecule has 5 nitrogen and oxygen atoms in total. The SMILES string of the molecule is C=C(S/C(C)=C\C)C(C)N=C(N/C=C/CC)c1cc(-c2ncc(C)s2)cc(OC2CCOCC2)c1C.CC. The Hall–Kier alpha value is -2.35. The number of aromatic nitrogens is 1. The highest BCUT2D eigenvalue weighted by atomic mass is 32.2. The summed E-state index contributed by atoms with van der Waals surface area (Å²) in [6.07, 6.45) is 11.0. The highest BCUT2D eigenvalue weighted by Crippen LogP contribution is 2.34. The summed E-state index contributed by atoms with van der Waals surface area (Å²) in [6.45, 7) is 22.3. The number of rotatable bonds is 10. The van der Waals surface area contributed by atoms with Crippen LogP contribution in [0.5, 0.6) is 5.75 Å². The molecule has 1 aliphatic rings. The molecule has 7 heteroatoms. The fourth-order valence-corrected chi connectivity index (χ4v) is 5.20. The molecule has 0 spiro atoms. The number of thioether (sulfide) groups is 1. The maximum atomic E-state index is 6.56. The normalized spacial score (nSPS) is 15.7. The topological polar surface area (TPSA) is 55.7 Å². The molecule has 1 aliphatic heterocycles. The summed E-state index contributed by atoms with van der Waals surface area (Å²) in [6, 6.07) is 4.22. The van der Waals surface area contributed by atoms with Gasteiger partial charge < -0.3 is 14.8 Å². The van der Waals surface area contributed by atoms with Gasteiger partial charge in [-0.25, -0.2) is 4.98 Å².